The van der Waals surface area contributed by atoms with E-state index in [1.165, 1.54) is 302 Å². The van der Waals surface area contributed by atoms with Gasteiger partial charge in [0.2, 0.25) is 5.91 Å². The molecule has 0 bridgehead atoms. The zero-order valence-electron chi connectivity index (χ0n) is 53.4. The van der Waals surface area contributed by atoms with Crippen molar-refractivity contribution in [2.45, 2.75) is 405 Å². The van der Waals surface area contributed by atoms with Crippen LogP contribution in [0.3, 0.4) is 0 Å². The molecule has 0 saturated carbocycles. The molecule has 0 rings (SSSR count). The van der Waals surface area contributed by atoms with Crippen molar-refractivity contribution >= 4 is 11.9 Å². The topological polar surface area (TPSA) is 95.9 Å². The maximum Gasteiger partial charge on any atom is 0.305 e. The Morgan fingerprint density at radius 1 is 0.354 bits per heavy atom. The molecule has 6 nitrogen and oxygen atoms in total. The summed E-state index contributed by atoms with van der Waals surface area (Å²) in [6.45, 7) is 4.97. The number of allylic oxidation sites excluding steroid dienone is 6. The second-order valence-electron chi connectivity index (χ2n) is 24.6. The molecule has 0 aliphatic rings. The lowest BCUT2D eigenvalue weighted by atomic mass is 10.0. The van der Waals surface area contributed by atoms with Gasteiger partial charge >= 0.3 is 5.97 Å². The summed E-state index contributed by atoms with van der Waals surface area (Å²) < 4.78 is 5.48. The van der Waals surface area contributed by atoms with Crippen molar-refractivity contribution in [3.05, 3.63) is 36.5 Å². The number of aliphatic hydroxyl groups excluding tert-OH is 2. The van der Waals surface area contributed by atoms with Gasteiger partial charge in [-0.15, -0.1) is 0 Å². The first kappa shape index (κ1) is 77.1. The Kier molecular flexibility index (Phi) is 66.9. The molecule has 3 N–H and O–H groups in total. The molecule has 6 heteroatoms. The maximum atomic E-state index is 12.6. The zero-order valence-corrected chi connectivity index (χ0v) is 53.4. The smallest absolute Gasteiger partial charge is 0.305 e. The lowest BCUT2D eigenvalue weighted by molar-refractivity contribution is -0.143. The van der Waals surface area contributed by atoms with Gasteiger partial charge in [-0.3, -0.25) is 9.59 Å². The van der Waals surface area contributed by atoms with Crippen molar-refractivity contribution in [3.63, 3.8) is 0 Å². The lowest BCUT2D eigenvalue weighted by Crippen LogP contribution is -2.45. The summed E-state index contributed by atoms with van der Waals surface area (Å²) in [5.41, 5.74) is 0. The van der Waals surface area contributed by atoms with Crippen molar-refractivity contribution in [2.24, 2.45) is 0 Å². The monoisotopic (exact) mass is 1110 g/mol. The predicted octanol–water partition coefficient (Wildman–Crippen LogP) is 23.1. The molecule has 79 heavy (non-hydrogen) atoms. The standard InChI is InChI=1S/C73H139NO5/c1-3-5-7-9-11-13-15-17-19-20-21-22-23-25-28-31-34-38-41-45-49-53-57-61-65-71(76)70(69-75)74-72(77)66-62-58-54-50-46-42-39-35-32-29-26-24-27-30-33-36-40-44-48-52-56-60-64-68-79-73(78)67-63-59-55-51-47-43-37-18-16-14-12-10-8-6-4-2/h18,24,27,29,32,37,70-71,75-76H,3-17,19-23,25-26,28,30-31,33-36,38-69H2,1-2H3,(H,74,77)/b27-24-,32-29-,37-18-. The second kappa shape index (κ2) is 68.6. The minimum atomic E-state index is -0.673. The van der Waals surface area contributed by atoms with Gasteiger partial charge in [0, 0.05) is 12.8 Å². The van der Waals surface area contributed by atoms with Gasteiger partial charge in [0.1, 0.15) is 0 Å². The molecule has 0 aromatic heterocycles. The maximum absolute atomic E-state index is 12.6. The van der Waals surface area contributed by atoms with Crippen molar-refractivity contribution in [1.29, 1.82) is 0 Å². The zero-order chi connectivity index (χ0) is 57.1. The van der Waals surface area contributed by atoms with Gasteiger partial charge in [0.05, 0.1) is 25.4 Å². The summed E-state index contributed by atoms with van der Waals surface area (Å²) in [6.07, 6.45) is 87.6. The summed E-state index contributed by atoms with van der Waals surface area (Å²) in [7, 11) is 0. The number of hydrogen-bond acceptors (Lipinski definition) is 5. The molecule has 2 unspecified atom stereocenters. The van der Waals surface area contributed by atoms with Gasteiger partial charge in [-0.1, -0.05) is 333 Å². The number of unbranched alkanes of at least 4 members (excludes halogenated alkanes) is 50. The molecule has 2 atom stereocenters. The van der Waals surface area contributed by atoms with Crippen LogP contribution in [0.4, 0.5) is 0 Å². The second-order valence-corrected chi connectivity index (χ2v) is 24.6. The molecule has 0 aliphatic carbocycles. The minimum absolute atomic E-state index is 0.000185. The van der Waals surface area contributed by atoms with Crippen LogP contribution in [-0.2, 0) is 14.3 Å². The molecule has 0 aromatic rings. The molecule has 0 heterocycles. The van der Waals surface area contributed by atoms with Gasteiger partial charge < -0.3 is 20.3 Å². The van der Waals surface area contributed by atoms with Crippen LogP contribution in [0.25, 0.3) is 0 Å². The highest BCUT2D eigenvalue weighted by molar-refractivity contribution is 5.76. The van der Waals surface area contributed by atoms with Crippen LogP contribution < -0.4 is 5.32 Å². The Morgan fingerprint density at radius 3 is 0.975 bits per heavy atom. The average Bonchev–Trinajstić information content (AvgIpc) is 3.45. The fourth-order valence-electron chi connectivity index (χ4n) is 11.2. The molecular weight excluding hydrogens is 971 g/mol. The third-order valence-electron chi connectivity index (χ3n) is 16.7. The summed E-state index contributed by atoms with van der Waals surface area (Å²) in [4.78, 5) is 24.6. The average molecular weight is 1110 g/mol. The summed E-state index contributed by atoms with van der Waals surface area (Å²) in [6, 6.07) is -0.551. The largest absolute Gasteiger partial charge is 0.466 e. The number of carbonyl (C=O) groups excluding carboxylic acids is 2. The first-order chi connectivity index (χ1) is 39.0. The molecule has 466 valence electrons. The van der Waals surface area contributed by atoms with Crippen LogP contribution in [0.15, 0.2) is 36.5 Å². The van der Waals surface area contributed by atoms with E-state index in [4.69, 9.17) is 4.74 Å². The summed E-state index contributed by atoms with van der Waals surface area (Å²) >= 11 is 0. The van der Waals surface area contributed by atoms with E-state index in [0.29, 0.717) is 25.9 Å². The predicted molar refractivity (Wildman–Crippen MR) is 347 cm³/mol. The number of hydrogen-bond donors (Lipinski definition) is 3. The van der Waals surface area contributed by atoms with Crippen molar-refractivity contribution in [3.8, 4) is 0 Å². The van der Waals surface area contributed by atoms with Crippen molar-refractivity contribution < 1.29 is 24.5 Å². The molecule has 0 saturated heterocycles. The first-order valence-corrected chi connectivity index (χ1v) is 35.7. The highest BCUT2D eigenvalue weighted by Gasteiger charge is 2.20. The number of aliphatic hydroxyl groups is 2. The van der Waals surface area contributed by atoms with Gasteiger partial charge in [0.25, 0.3) is 0 Å². The molecule has 0 spiro atoms. The van der Waals surface area contributed by atoms with Gasteiger partial charge in [-0.2, -0.15) is 0 Å². The van der Waals surface area contributed by atoms with Crippen molar-refractivity contribution in [2.75, 3.05) is 13.2 Å². The van der Waals surface area contributed by atoms with Crippen LogP contribution in [-0.4, -0.2) is 47.4 Å². The number of rotatable bonds is 67. The molecule has 0 radical (unpaired) electrons. The molecule has 0 aromatic carbocycles. The first-order valence-electron chi connectivity index (χ1n) is 35.7. The fourth-order valence-corrected chi connectivity index (χ4v) is 11.2. The number of carbonyl (C=O) groups is 2. The van der Waals surface area contributed by atoms with Crippen LogP contribution in [0, 0.1) is 0 Å². The van der Waals surface area contributed by atoms with E-state index in [0.717, 1.165) is 57.8 Å². The number of nitrogens with one attached hydrogen (secondary N) is 1. The minimum Gasteiger partial charge on any atom is -0.466 e. The van der Waals surface area contributed by atoms with Crippen LogP contribution in [0.2, 0.25) is 0 Å². The lowest BCUT2D eigenvalue weighted by Gasteiger charge is -2.22. The molecular formula is C73H139NO5. The third-order valence-corrected chi connectivity index (χ3v) is 16.7. The van der Waals surface area contributed by atoms with E-state index in [2.05, 4.69) is 55.6 Å². The Hall–Kier alpha value is -1.92. The van der Waals surface area contributed by atoms with Crippen LogP contribution in [0.1, 0.15) is 393 Å². The Morgan fingerprint density at radius 2 is 0.633 bits per heavy atom. The number of esters is 1. The van der Waals surface area contributed by atoms with Gasteiger partial charge in [0.15, 0.2) is 0 Å². The SMILES string of the molecule is CCCCCCCC/C=C\CCCCCCCC(=O)OCCCCCCCCCCC/C=C\C/C=C\CCCCCCCCCC(=O)NC(CO)C(O)CCCCCCCCCCCCCCCCCCCCCCCCCC. The summed E-state index contributed by atoms with van der Waals surface area (Å²) in [5, 5.41) is 23.4. The molecule has 0 fully saturated rings. The molecule has 0 aliphatic heterocycles. The quantitative estimate of drug-likeness (QED) is 0.0320. The Labute approximate surface area is 494 Å². The molecule has 1 amide bonds. The highest BCUT2D eigenvalue weighted by Crippen LogP contribution is 2.19. The van der Waals surface area contributed by atoms with E-state index in [-0.39, 0.29) is 18.5 Å². The van der Waals surface area contributed by atoms with Crippen LogP contribution >= 0.6 is 0 Å². The van der Waals surface area contributed by atoms with E-state index in [1.54, 1.807) is 0 Å². The van der Waals surface area contributed by atoms with Gasteiger partial charge in [-0.05, 0) is 83.5 Å². The highest BCUT2D eigenvalue weighted by atomic mass is 16.5. The Balaban J connectivity index is 3.44. The van der Waals surface area contributed by atoms with Crippen LogP contribution in [0.5, 0.6) is 0 Å². The van der Waals surface area contributed by atoms with E-state index < -0.39 is 12.1 Å². The summed E-state index contributed by atoms with van der Waals surface area (Å²) in [5.74, 6) is -0.0415. The van der Waals surface area contributed by atoms with E-state index >= 15 is 0 Å². The van der Waals surface area contributed by atoms with Crippen molar-refractivity contribution in [1.82, 2.24) is 5.32 Å². The third kappa shape index (κ3) is 65.1. The van der Waals surface area contributed by atoms with E-state index in [1.807, 2.05) is 0 Å². The van der Waals surface area contributed by atoms with E-state index in [9.17, 15) is 19.8 Å². The van der Waals surface area contributed by atoms with Gasteiger partial charge in [-0.25, -0.2) is 0 Å². The fraction of sp³-hybridized carbons (Fsp3) is 0.890. The number of amides is 1. The normalized spacial score (nSPS) is 12.7. The Bertz CT molecular complexity index is 1280. The number of ether oxygens (including phenoxy) is 1.